The molecule has 0 amide bonds. The maximum atomic E-state index is 11.9. The van der Waals surface area contributed by atoms with E-state index < -0.39 is 22.1 Å². The lowest BCUT2D eigenvalue weighted by atomic mass is 10.2. The van der Waals surface area contributed by atoms with Gasteiger partial charge in [-0.2, -0.15) is 13.2 Å². The second kappa shape index (κ2) is 4.30. The number of sulfonamides is 1. The fraction of sp³-hybridized carbons (Fsp3) is 0.250. The Morgan fingerprint density at radius 1 is 1.31 bits per heavy atom. The fourth-order valence-electron chi connectivity index (χ4n) is 0.963. The van der Waals surface area contributed by atoms with E-state index >= 15 is 0 Å². The normalized spacial score (nSPS) is 12.7. The van der Waals surface area contributed by atoms with Crippen LogP contribution in [-0.4, -0.2) is 13.9 Å². The Morgan fingerprint density at radius 2 is 1.94 bits per heavy atom. The van der Waals surface area contributed by atoms with Gasteiger partial charge in [0.15, 0.2) is 0 Å². The second-order valence-corrected chi connectivity index (χ2v) is 4.77. The highest BCUT2D eigenvalue weighted by molar-refractivity contribution is 7.90. The highest BCUT2D eigenvalue weighted by Gasteiger charge is 2.45. The average Bonchev–Trinajstić information content (AvgIpc) is 2.13. The van der Waals surface area contributed by atoms with Gasteiger partial charge in [0.1, 0.15) is 0 Å². The van der Waals surface area contributed by atoms with Crippen LogP contribution < -0.4 is 10.5 Å². The summed E-state index contributed by atoms with van der Waals surface area (Å²) < 4.78 is 58.5. The molecule has 90 valence electrons. The van der Waals surface area contributed by atoms with Crippen LogP contribution >= 0.6 is 0 Å². The van der Waals surface area contributed by atoms with Gasteiger partial charge in [-0.25, -0.2) is 13.1 Å². The first-order chi connectivity index (χ1) is 7.22. The molecule has 0 fully saturated rings. The van der Waals surface area contributed by atoms with Crippen molar-refractivity contribution in [3.63, 3.8) is 0 Å². The van der Waals surface area contributed by atoms with Crippen LogP contribution in [-0.2, 0) is 16.6 Å². The van der Waals surface area contributed by atoms with Crippen LogP contribution in [0, 0.1) is 0 Å². The van der Waals surface area contributed by atoms with Crippen molar-refractivity contribution in [2.45, 2.75) is 12.1 Å². The maximum absolute atomic E-state index is 11.9. The van der Waals surface area contributed by atoms with Crippen LogP contribution in [0.3, 0.4) is 0 Å². The van der Waals surface area contributed by atoms with E-state index in [1.165, 1.54) is 22.9 Å². The van der Waals surface area contributed by atoms with Gasteiger partial charge in [-0.15, -0.1) is 0 Å². The molecule has 0 radical (unpaired) electrons. The smallest absolute Gasteiger partial charge is 0.399 e. The van der Waals surface area contributed by atoms with Gasteiger partial charge in [0.05, 0.1) is 0 Å². The Kier molecular flexibility index (Phi) is 3.44. The summed E-state index contributed by atoms with van der Waals surface area (Å²) in [7, 11) is -5.30. The lowest BCUT2D eigenvalue weighted by Crippen LogP contribution is -2.35. The maximum Gasteiger partial charge on any atom is 0.511 e. The number of benzene rings is 1. The van der Waals surface area contributed by atoms with E-state index in [4.69, 9.17) is 5.73 Å². The molecule has 0 aromatic heterocycles. The number of nitrogens with one attached hydrogen (secondary N) is 1. The summed E-state index contributed by atoms with van der Waals surface area (Å²) in [5, 5.41) is 0. The third kappa shape index (κ3) is 3.11. The molecule has 0 aliphatic carbocycles. The summed E-state index contributed by atoms with van der Waals surface area (Å²) in [5.41, 5.74) is 0.791. The zero-order chi connectivity index (χ0) is 12.4. The molecule has 0 spiro atoms. The quantitative estimate of drug-likeness (QED) is 0.796. The number of hydrogen-bond acceptors (Lipinski definition) is 3. The average molecular weight is 254 g/mol. The molecular weight excluding hydrogens is 245 g/mol. The van der Waals surface area contributed by atoms with E-state index in [0.29, 0.717) is 11.3 Å². The fourth-order valence-corrected chi connectivity index (χ4v) is 1.48. The number of hydrogen-bond donors (Lipinski definition) is 2. The summed E-state index contributed by atoms with van der Waals surface area (Å²) in [4.78, 5) is 0. The van der Waals surface area contributed by atoms with Crippen molar-refractivity contribution >= 4 is 15.7 Å². The van der Waals surface area contributed by atoms with E-state index in [1.807, 2.05) is 0 Å². The van der Waals surface area contributed by atoms with Crippen LogP contribution in [0.15, 0.2) is 24.3 Å². The van der Waals surface area contributed by atoms with Crippen LogP contribution in [0.4, 0.5) is 18.9 Å². The molecule has 16 heavy (non-hydrogen) atoms. The molecule has 0 aliphatic rings. The van der Waals surface area contributed by atoms with Crippen molar-refractivity contribution < 1.29 is 21.6 Å². The van der Waals surface area contributed by atoms with Gasteiger partial charge in [-0.1, -0.05) is 12.1 Å². The Balaban J connectivity index is 2.73. The van der Waals surface area contributed by atoms with Gasteiger partial charge in [0, 0.05) is 12.2 Å². The molecular formula is C8H9F3N2O2S. The Labute approximate surface area is 90.3 Å². The monoisotopic (exact) mass is 254 g/mol. The zero-order valence-corrected chi connectivity index (χ0v) is 8.77. The van der Waals surface area contributed by atoms with Gasteiger partial charge in [-0.3, -0.25) is 0 Å². The van der Waals surface area contributed by atoms with E-state index in [-0.39, 0.29) is 0 Å². The first-order valence-corrected chi connectivity index (χ1v) is 5.61. The number of halogens is 3. The number of nitrogen functional groups attached to an aromatic ring is 1. The Morgan fingerprint density at radius 3 is 2.44 bits per heavy atom. The van der Waals surface area contributed by atoms with Gasteiger partial charge in [0.25, 0.3) is 0 Å². The molecule has 3 N–H and O–H groups in total. The highest BCUT2D eigenvalue weighted by atomic mass is 32.2. The predicted molar refractivity (Wildman–Crippen MR) is 52.7 cm³/mol. The first-order valence-electron chi connectivity index (χ1n) is 4.13. The molecule has 1 aromatic rings. The standard InChI is InChI=1S/C8H9F3N2O2S/c9-8(10,11)16(14,15)13-5-6-2-1-3-7(12)4-6/h1-4,13H,5,12H2. The molecule has 4 nitrogen and oxygen atoms in total. The number of anilines is 1. The van der Waals surface area contributed by atoms with E-state index in [9.17, 15) is 21.6 Å². The molecule has 0 atom stereocenters. The van der Waals surface area contributed by atoms with Crippen LogP contribution in [0.1, 0.15) is 5.56 Å². The topological polar surface area (TPSA) is 72.2 Å². The van der Waals surface area contributed by atoms with Gasteiger partial charge in [-0.05, 0) is 17.7 Å². The third-order valence-electron chi connectivity index (χ3n) is 1.72. The van der Waals surface area contributed by atoms with Crippen LogP contribution in [0.25, 0.3) is 0 Å². The lowest BCUT2D eigenvalue weighted by Gasteiger charge is -2.09. The van der Waals surface area contributed by atoms with E-state index in [2.05, 4.69) is 0 Å². The minimum absolute atomic E-state index is 0.351. The minimum atomic E-state index is -5.30. The van der Waals surface area contributed by atoms with Crippen molar-refractivity contribution in [2.24, 2.45) is 0 Å². The van der Waals surface area contributed by atoms with Crippen molar-refractivity contribution in [3.05, 3.63) is 29.8 Å². The highest BCUT2D eigenvalue weighted by Crippen LogP contribution is 2.21. The molecule has 0 saturated carbocycles. The molecule has 0 saturated heterocycles. The van der Waals surface area contributed by atoms with Gasteiger partial charge < -0.3 is 5.73 Å². The predicted octanol–water partition coefficient (Wildman–Crippen LogP) is 1.21. The first kappa shape index (κ1) is 12.8. The van der Waals surface area contributed by atoms with Crippen molar-refractivity contribution in [2.75, 3.05) is 5.73 Å². The largest absolute Gasteiger partial charge is 0.511 e. The minimum Gasteiger partial charge on any atom is -0.399 e. The summed E-state index contributed by atoms with van der Waals surface area (Å²) in [6.45, 7) is -0.452. The van der Waals surface area contributed by atoms with E-state index in [1.54, 1.807) is 6.07 Å². The third-order valence-corrected chi connectivity index (χ3v) is 2.86. The Bertz CT molecular complexity index is 470. The second-order valence-electron chi connectivity index (χ2n) is 3.02. The SMILES string of the molecule is Nc1cccc(CNS(=O)(=O)C(F)(F)F)c1. The number of nitrogens with two attached hydrogens (primary N) is 1. The van der Waals surface area contributed by atoms with Crippen LogP contribution in [0.2, 0.25) is 0 Å². The Hall–Kier alpha value is -1.28. The molecule has 1 rings (SSSR count). The molecule has 0 heterocycles. The van der Waals surface area contributed by atoms with Gasteiger partial charge >= 0.3 is 15.5 Å². The number of rotatable bonds is 3. The summed E-state index contributed by atoms with van der Waals surface area (Å²) in [6, 6.07) is 5.92. The van der Waals surface area contributed by atoms with Crippen molar-refractivity contribution in [1.29, 1.82) is 0 Å². The van der Waals surface area contributed by atoms with Crippen LogP contribution in [0.5, 0.6) is 0 Å². The van der Waals surface area contributed by atoms with E-state index in [0.717, 1.165) is 0 Å². The molecule has 0 bridgehead atoms. The lowest BCUT2D eigenvalue weighted by molar-refractivity contribution is -0.0448. The summed E-state index contributed by atoms with van der Waals surface area (Å²) in [6.07, 6.45) is 0. The summed E-state index contributed by atoms with van der Waals surface area (Å²) in [5.74, 6) is 0. The molecule has 0 unspecified atom stereocenters. The molecule has 1 aromatic carbocycles. The summed E-state index contributed by atoms with van der Waals surface area (Å²) >= 11 is 0. The number of alkyl halides is 3. The van der Waals surface area contributed by atoms with Crippen molar-refractivity contribution in [3.8, 4) is 0 Å². The zero-order valence-electron chi connectivity index (χ0n) is 7.95. The molecule has 0 aliphatic heterocycles. The van der Waals surface area contributed by atoms with Gasteiger partial charge in [0.2, 0.25) is 0 Å². The van der Waals surface area contributed by atoms with Crippen molar-refractivity contribution in [1.82, 2.24) is 4.72 Å². The molecule has 8 heteroatoms.